The van der Waals surface area contributed by atoms with Gasteiger partial charge >= 0.3 is 5.97 Å². The van der Waals surface area contributed by atoms with Crippen molar-refractivity contribution in [3.05, 3.63) is 11.4 Å². The van der Waals surface area contributed by atoms with Crippen molar-refractivity contribution in [1.82, 2.24) is 20.7 Å². The number of carbonyl (C=O) groups is 2. The van der Waals surface area contributed by atoms with Crippen molar-refractivity contribution in [1.29, 1.82) is 0 Å². The van der Waals surface area contributed by atoms with Crippen LogP contribution in [0.5, 0.6) is 0 Å². The normalized spacial score (nSPS) is 22.5. The highest BCUT2D eigenvalue weighted by Gasteiger charge is 2.32. The molecule has 1 saturated carbocycles. The van der Waals surface area contributed by atoms with Crippen molar-refractivity contribution in [2.45, 2.75) is 63.8 Å². The van der Waals surface area contributed by atoms with Crippen LogP contribution in [0.15, 0.2) is 0 Å². The van der Waals surface area contributed by atoms with Gasteiger partial charge in [-0.05, 0) is 25.2 Å². The number of H-pyrrole nitrogens is 1. The zero-order valence-electron chi connectivity index (χ0n) is 14.2. The fourth-order valence-corrected chi connectivity index (χ4v) is 3.91. The number of carbonyl (C=O) groups excluding carboxylic acids is 2. The number of hydrogen-bond donors (Lipinski definition) is 2. The van der Waals surface area contributed by atoms with Gasteiger partial charge in [0.05, 0.1) is 18.5 Å². The van der Waals surface area contributed by atoms with Gasteiger partial charge in [0.15, 0.2) is 0 Å². The van der Waals surface area contributed by atoms with Gasteiger partial charge in [-0.1, -0.05) is 32.1 Å². The predicted molar refractivity (Wildman–Crippen MR) is 87.0 cm³/mol. The Labute approximate surface area is 141 Å². The van der Waals surface area contributed by atoms with Gasteiger partial charge in [-0.2, -0.15) is 15.4 Å². The van der Waals surface area contributed by atoms with Crippen LogP contribution >= 0.6 is 0 Å². The second kappa shape index (κ2) is 7.77. The van der Waals surface area contributed by atoms with E-state index in [-0.39, 0.29) is 17.8 Å². The highest BCUT2D eigenvalue weighted by atomic mass is 16.5. The number of nitrogens with one attached hydrogen (secondary N) is 2. The van der Waals surface area contributed by atoms with Gasteiger partial charge < -0.3 is 10.1 Å². The van der Waals surface area contributed by atoms with Crippen LogP contribution in [-0.2, 0) is 27.2 Å². The maximum atomic E-state index is 12.6. The topological polar surface area (TPSA) is 97.0 Å². The van der Waals surface area contributed by atoms with Crippen molar-refractivity contribution >= 4 is 11.9 Å². The molecular weight excluding hydrogens is 308 g/mol. The molecule has 2 aliphatic rings. The molecule has 132 valence electrons. The van der Waals surface area contributed by atoms with Gasteiger partial charge in [0.1, 0.15) is 6.04 Å². The lowest BCUT2D eigenvalue weighted by Gasteiger charge is -2.27. The fourth-order valence-electron chi connectivity index (χ4n) is 3.91. The second-order valence-corrected chi connectivity index (χ2v) is 6.98. The first-order valence-corrected chi connectivity index (χ1v) is 8.94. The summed E-state index contributed by atoms with van der Waals surface area (Å²) < 4.78 is 4.90. The fraction of sp³-hybridized carbons (Fsp3) is 0.765. The van der Waals surface area contributed by atoms with Crippen molar-refractivity contribution in [2.24, 2.45) is 11.8 Å². The van der Waals surface area contributed by atoms with Gasteiger partial charge in [0.25, 0.3) is 0 Å². The smallest absolute Gasteiger partial charge is 0.328 e. The first-order valence-electron chi connectivity index (χ1n) is 8.94. The summed E-state index contributed by atoms with van der Waals surface area (Å²) in [6.07, 6.45) is 8.71. The Balaban J connectivity index is 1.59. The average molecular weight is 334 g/mol. The van der Waals surface area contributed by atoms with E-state index in [0.29, 0.717) is 18.8 Å². The zero-order valence-corrected chi connectivity index (χ0v) is 14.2. The van der Waals surface area contributed by atoms with Crippen molar-refractivity contribution in [2.75, 3.05) is 7.11 Å². The molecule has 0 unspecified atom stereocenters. The number of esters is 1. The number of ether oxygens (including phenoxy) is 1. The molecule has 0 bridgehead atoms. The maximum Gasteiger partial charge on any atom is 0.328 e. The Kier molecular flexibility index (Phi) is 5.48. The number of hydrogen-bond acceptors (Lipinski definition) is 5. The number of aromatic nitrogens is 3. The lowest BCUT2D eigenvalue weighted by Crippen LogP contribution is -2.46. The minimum atomic E-state index is -0.538. The Morgan fingerprint density at radius 1 is 1.21 bits per heavy atom. The van der Waals surface area contributed by atoms with E-state index in [4.69, 9.17) is 4.74 Å². The molecule has 0 saturated heterocycles. The molecule has 3 rings (SSSR count). The summed E-state index contributed by atoms with van der Waals surface area (Å²) in [5, 5.41) is 13.7. The van der Waals surface area contributed by atoms with E-state index < -0.39 is 6.04 Å². The quantitative estimate of drug-likeness (QED) is 0.796. The largest absolute Gasteiger partial charge is 0.467 e. The highest BCUT2D eigenvalue weighted by molar-refractivity contribution is 5.86. The molecule has 24 heavy (non-hydrogen) atoms. The number of aryl methyl sites for hydroxylation is 1. The SMILES string of the molecule is COC(=O)[C@H](CC1CCCCC1)NC(=O)[C@H]1CCc2n[nH]nc2C1. The third-order valence-corrected chi connectivity index (χ3v) is 5.34. The van der Waals surface area contributed by atoms with Crippen LogP contribution in [0.25, 0.3) is 0 Å². The van der Waals surface area contributed by atoms with Crippen LogP contribution in [0.4, 0.5) is 0 Å². The molecule has 0 spiro atoms. The maximum absolute atomic E-state index is 12.6. The summed E-state index contributed by atoms with van der Waals surface area (Å²) in [6, 6.07) is -0.538. The van der Waals surface area contributed by atoms with E-state index in [0.717, 1.165) is 37.1 Å². The molecular formula is C17H26N4O3. The summed E-state index contributed by atoms with van der Waals surface area (Å²) in [5.74, 6) is -0.0699. The van der Waals surface area contributed by atoms with Gasteiger partial charge in [0, 0.05) is 12.3 Å². The van der Waals surface area contributed by atoms with Crippen LogP contribution in [0.3, 0.4) is 0 Å². The lowest BCUT2D eigenvalue weighted by molar-refractivity contribution is -0.146. The molecule has 0 aliphatic heterocycles. The van der Waals surface area contributed by atoms with E-state index in [9.17, 15) is 9.59 Å². The first-order chi connectivity index (χ1) is 11.7. The number of nitrogens with zero attached hydrogens (tertiary/aromatic N) is 2. The van der Waals surface area contributed by atoms with Crippen LogP contribution in [0.1, 0.15) is 56.3 Å². The number of amides is 1. The molecule has 1 aromatic heterocycles. The van der Waals surface area contributed by atoms with E-state index in [1.165, 1.54) is 26.4 Å². The Bertz CT molecular complexity index is 580. The summed E-state index contributed by atoms with van der Waals surface area (Å²) in [4.78, 5) is 24.7. The number of aromatic amines is 1. The van der Waals surface area contributed by atoms with Crippen molar-refractivity contribution in [3.63, 3.8) is 0 Å². The van der Waals surface area contributed by atoms with Gasteiger partial charge in [0.2, 0.25) is 5.91 Å². The molecule has 2 aliphatic carbocycles. The van der Waals surface area contributed by atoms with Gasteiger partial charge in [-0.15, -0.1) is 0 Å². The molecule has 0 radical (unpaired) electrons. The van der Waals surface area contributed by atoms with Crippen LogP contribution in [-0.4, -0.2) is 40.4 Å². The van der Waals surface area contributed by atoms with Crippen molar-refractivity contribution < 1.29 is 14.3 Å². The zero-order chi connectivity index (χ0) is 16.9. The summed E-state index contributed by atoms with van der Waals surface area (Å²) in [6.45, 7) is 0. The second-order valence-electron chi connectivity index (χ2n) is 6.98. The molecule has 2 N–H and O–H groups in total. The molecule has 1 heterocycles. The minimum absolute atomic E-state index is 0.0742. The third-order valence-electron chi connectivity index (χ3n) is 5.34. The standard InChI is InChI=1S/C17H26N4O3/c1-24-17(23)15(9-11-5-3-2-4-6-11)18-16(22)12-7-8-13-14(10-12)20-21-19-13/h11-12,15H,2-10H2,1H3,(H,18,22)(H,19,20,21)/t12-,15-/m0/s1. The van der Waals surface area contributed by atoms with Crippen LogP contribution in [0, 0.1) is 11.8 Å². The summed E-state index contributed by atoms with van der Waals surface area (Å²) in [5.41, 5.74) is 1.81. The van der Waals surface area contributed by atoms with Gasteiger partial charge in [-0.3, -0.25) is 4.79 Å². The molecule has 7 heteroatoms. The Hall–Kier alpha value is -1.92. The third kappa shape index (κ3) is 3.94. The highest BCUT2D eigenvalue weighted by Crippen LogP contribution is 2.28. The first kappa shape index (κ1) is 16.9. The predicted octanol–water partition coefficient (Wildman–Crippen LogP) is 1.54. The monoisotopic (exact) mass is 334 g/mol. The summed E-state index contributed by atoms with van der Waals surface area (Å²) >= 11 is 0. The number of rotatable bonds is 5. The number of fused-ring (bicyclic) bond motifs is 1. The molecule has 1 fully saturated rings. The van der Waals surface area contributed by atoms with E-state index in [1.807, 2.05) is 0 Å². The van der Waals surface area contributed by atoms with Gasteiger partial charge in [-0.25, -0.2) is 4.79 Å². The molecule has 7 nitrogen and oxygen atoms in total. The Morgan fingerprint density at radius 2 is 1.96 bits per heavy atom. The van der Waals surface area contributed by atoms with E-state index >= 15 is 0 Å². The Morgan fingerprint density at radius 3 is 2.71 bits per heavy atom. The van der Waals surface area contributed by atoms with E-state index in [2.05, 4.69) is 20.7 Å². The average Bonchev–Trinajstić information content (AvgIpc) is 3.09. The molecule has 0 aromatic carbocycles. The van der Waals surface area contributed by atoms with Crippen molar-refractivity contribution in [3.8, 4) is 0 Å². The van der Waals surface area contributed by atoms with Crippen LogP contribution in [0.2, 0.25) is 0 Å². The molecule has 2 atom stereocenters. The van der Waals surface area contributed by atoms with E-state index in [1.54, 1.807) is 0 Å². The minimum Gasteiger partial charge on any atom is -0.467 e. The molecule has 1 aromatic rings. The molecule has 1 amide bonds. The summed E-state index contributed by atoms with van der Waals surface area (Å²) in [7, 11) is 1.38. The van der Waals surface area contributed by atoms with Crippen LogP contribution < -0.4 is 5.32 Å². The lowest BCUT2D eigenvalue weighted by atomic mass is 9.84. The number of methoxy groups -OCH3 is 1.